The van der Waals surface area contributed by atoms with Crippen molar-refractivity contribution < 1.29 is 9.90 Å². The number of aromatic nitrogens is 3. The summed E-state index contributed by atoms with van der Waals surface area (Å²) in [6.45, 7) is 0.847. The van der Waals surface area contributed by atoms with Crippen molar-refractivity contribution in [3.8, 4) is 0 Å². The Morgan fingerprint density at radius 2 is 2.17 bits per heavy atom. The van der Waals surface area contributed by atoms with Gasteiger partial charge in [0.25, 0.3) is 0 Å². The number of carboxylic acid groups (broad SMARTS) is 1. The number of nitrogens with zero attached hydrogens (tertiary/aromatic N) is 3. The first-order chi connectivity index (χ1) is 8.75. The second kappa shape index (κ2) is 4.40. The molecule has 5 nitrogen and oxygen atoms in total. The van der Waals surface area contributed by atoms with Crippen molar-refractivity contribution in [3.05, 3.63) is 23.8 Å². The van der Waals surface area contributed by atoms with E-state index in [-0.39, 0.29) is 5.56 Å². The summed E-state index contributed by atoms with van der Waals surface area (Å²) >= 11 is 0. The van der Waals surface area contributed by atoms with Crippen LogP contribution in [0.25, 0.3) is 11.0 Å². The van der Waals surface area contributed by atoms with Crippen LogP contribution < -0.4 is 0 Å². The molecule has 1 aliphatic rings. The molecule has 0 unspecified atom stereocenters. The fraction of sp³-hybridized carbons (Fsp3) is 0.462. The summed E-state index contributed by atoms with van der Waals surface area (Å²) in [5.41, 5.74) is 1.54. The van der Waals surface area contributed by atoms with E-state index < -0.39 is 5.97 Å². The van der Waals surface area contributed by atoms with Crippen LogP contribution in [0.4, 0.5) is 0 Å². The molecule has 3 rings (SSSR count). The van der Waals surface area contributed by atoms with Gasteiger partial charge in [0.05, 0.1) is 11.1 Å². The highest BCUT2D eigenvalue weighted by molar-refractivity contribution is 6.00. The van der Waals surface area contributed by atoms with E-state index in [1.807, 2.05) is 10.7 Å². The normalized spacial score (nSPS) is 16.4. The number of hydrogen-bond donors (Lipinski definition) is 1. The summed E-state index contributed by atoms with van der Waals surface area (Å²) < 4.78 is 1.84. The van der Waals surface area contributed by atoms with Crippen LogP contribution in [0.2, 0.25) is 0 Å². The molecule has 94 valence electrons. The van der Waals surface area contributed by atoms with E-state index in [4.69, 9.17) is 5.11 Å². The molecule has 1 aromatic carbocycles. The van der Waals surface area contributed by atoms with Crippen LogP contribution in [0.15, 0.2) is 18.2 Å². The van der Waals surface area contributed by atoms with Gasteiger partial charge in [0.15, 0.2) is 0 Å². The molecule has 1 heterocycles. The van der Waals surface area contributed by atoms with Gasteiger partial charge in [-0.15, -0.1) is 5.10 Å². The molecule has 0 aliphatic heterocycles. The molecule has 0 bridgehead atoms. The van der Waals surface area contributed by atoms with Gasteiger partial charge in [-0.3, -0.25) is 0 Å². The Kier molecular flexibility index (Phi) is 2.74. The molecular formula is C13H15N3O2. The Balaban J connectivity index is 1.98. The molecule has 0 spiro atoms. The first-order valence-electron chi connectivity index (χ1n) is 6.31. The average Bonchev–Trinajstić information content (AvgIpc) is 2.99. The molecule has 1 fully saturated rings. The second-order valence-corrected chi connectivity index (χ2v) is 4.90. The zero-order chi connectivity index (χ0) is 12.5. The van der Waals surface area contributed by atoms with E-state index in [1.54, 1.807) is 12.1 Å². The molecule has 0 saturated heterocycles. The summed E-state index contributed by atoms with van der Waals surface area (Å²) in [5.74, 6) is -0.295. The molecular weight excluding hydrogens is 230 g/mol. The Morgan fingerprint density at radius 3 is 2.89 bits per heavy atom. The highest BCUT2D eigenvalue weighted by Gasteiger charge is 2.19. The average molecular weight is 245 g/mol. The van der Waals surface area contributed by atoms with Gasteiger partial charge < -0.3 is 5.11 Å². The lowest BCUT2D eigenvalue weighted by molar-refractivity contribution is 0.0699. The van der Waals surface area contributed by atoms with Crippen molar-refractivity contribution in [1.29, 1.82) is 0 Å². The summed E-state index contributed by atoms with van der Waals surface area (Å²) in [5, 5.41) is 17.2. The monoisotopic (exact) mass is 245 g/mol. The van der Waals surface area contributed by atoms with Crippen LogP contribution in [0, 0.1) is 5.92 Å². The predicted octanol–water partition coefficient (Wildman–Crippen LogP) is 2.32. The van der Waals surface area contributed by atoms with Crippen molar-refractivity contribution in [3.63, 3.8) is 0 Å². The maximum absolute atomic E-state index is 11.1. The molecule has 1 aromatic heterocycles. The maximum Gasteiger partial charge on any atom is 0.338 e. The first kappa shape index (κ1) is 11.2. The van der Waals surface area contributed by atoms with E-state index in [0.29, 0.717) is 11.4 Å². The quantitative estimate of drug-likeness (QED) is 0.901. The highest BCUT2D eigenvalue weighted by Crippen LogP contribution is 2.27. The van der Waals surface area contributed by atoms with Gasteiger partial charge in [0.1, 0.15) is 5.52 Å². The van der Waals surface area contributed by atoms with Gasteiger partial charge in [-0.25, -0.2) is 9.48 Å². The van der Waals surface area contributed by atoms with Crippen molar-refractivity contribution in [1.82, 2.24) is 15.0 Å². The van der Waals surface area contributed by atoms with Crippen molar-refractivity contribution in [2.75, 3.05) is 0 Å². The van der Waals surface area contributed by atoms with Gasteiger partial charge in [-0.2, -0.15) is 0 Å². The zero-order valence-electron chi connectivity index (χ0n) is 10.0. The number of benzene rings is 1. The fourth-order valence-electron chi connectivity index (χ4n) is 2.74. The van der Waals surface area contributed by atoms with Crippen LogP contribution in [-0.2, 0) is 6.54 Å². The molecule has 0 amide bonds. The Bertz CT molecular complexity index is 585. The minimum Gasteiger partial charge on any atom is -0.478 e. The summed E-state index contributed by atoms with van der Waals surface area (Å²) in [7, 11) is 0. The fourth-order valence-corrected chi connectivity index (χ4v) is 2.74. The highest BCUT2D eigenvalue weighted by atomic mass is 16.4. The smallest absolute Gasteiger partial charge is 0.338 e. The van der Waals surface area contributed by atoms with Crippen LogP contribution in [0.3, 0.4) is 0 Å². The van der Waals surface area contributed by atoms with E-state index in [9.17, 15) is 4.79 Å². The number of carbonyl (C=O) groups is 1. The Hall–Kier alpha value is -1.91. The molecule has 1 saturated carbocycles. The zero-order valence-corrected chi connectivity index (χ0v) is 10.0. The van der Waals surface area contributed by atoms with Gasteiger partial charge in [-0.05, 0) is 30.9 Å². The summed E-state index contributed by atoms with van der Waals surface area (Å²) in [4.78, 5) is 11.1. The minimum absolute atomic E-state index is 0.227. The third-order valence-corrected chi connectivity index (χ3v) is 3.68. The number of aromatic carboxylic acids is 1. The lowest BCUT2D eigenvalue weighted by atomic mass is 10.1. The summed E-state index contributed by atoms with van der Waals surface area (Å²) in [6.07, 6.45) is 5.05. The minimum atomic E-state index is -0.950. The topological polar surface area (TPSA) is 68.0 Å². The number of hydrogen-bond acceptors (Lipinski definition) is 3. The standard InChI is InChI=1S/C13H15N3O2/c17-13(18)10-6-3-7-11-12(10)14-15-16(11)8-9-4-1-2-5-9/h3,6-7,9H,1-2,4-5,8H2,(H,17,18). The van der Waals surface area contributed by atoms with Gasteiger partial charge in [0, 0.05) is 6.54 Å². The van der Waals surface area contributed by atoms with E-state index in [0.717, 1.165) is 12.1 Å². The Morgan fingerprint density at radius 1 is 1.39 bits per heavy atom. The number of rotatable bonds is 3. The number of fused-ring (bicyclic) bond motifs is 1. The SMILES string of the molecule is O=C(O)c1cccc2c1nnn2CC1CCCC1. The molecule has 5 heteroatoms. The molecule has 1 N–H and O–H groups in total. The van der Waals surface area contributed by atoms with Crippen molar-refractivity contribution >= 4 is 17.0 Å². The van der Waals surface area contributed by atoms with Crippen LogP contribution in [0.5, 0.6) is 0 Å². The van der Waals surface area contributed by atoms with E-state index in [2.05, 4.69) is 10.3 Å². The molecule has 2 aromatic rings. The maximum atomic E-state index is 11.1. The van der Waals surface area contributed by atoms with Crippen molar-refractivity contribution in [2.24, 2.45) is 5.92 Å². The lowest BCUT2D eigenvalue weighted by Crippen LogP contribution is -2.08. The lowest BCUT2D eigenvalue weighted by Gasteiger charge is -2.08. The molecule has 18 heavy (non-hydrogen) atoms. The largest absolute Gasteiger partial charge is 0.478 e. The number of carboxylic acids is 1. The third kappa shape index (κ3) is 1.85. The Labute approximate surface area is 104 Å². The first-order valence-corrected chi connectivity index (χ1v) is 6.31. The van der Waals surface area contributed by atoms with Gasteiger partial charge >= 0.3 is 5.97 Å². The molecule has 0 radical (unpaired) electrons. The summed E-state index contributed by atoms with van der Waals surface area (Å²) in [6, 6.07) is 5.20. The van der Waals surface area contributed by atoms with Gasteiger partial charge in [-0.1, -0.05) is 24.1 Å². The van der Waals surface area contributed by atoms with Gasteiger partial charge in [0.2, 0.25) is 0 Å². The second-order valence-electron chi connectivity index (χ2n) is 4.90. The third-order valence-electron chi connectivity index (χ3n) is 3.68. The van der Waals surface area contributed by atoms with Crippen LogP contribution in [0.1, 0.15) is 36.0 Å². The van der Waals surface area contributed by atoms with E-state index in [1.165, 1.54) is 25.7 Å². The predicted molar refractivity (Wildman–Crippen MR) is 66.4 cm³/mol. The van der Waals surface area contributed by atoms with E-state index >= 15 is 0 Å². The van der Waals surface area contributed by atoms with Crippen molar-refractivity contribution in [2.45, 2.75) is 32.2 Å². The van der Waals surface area contributed by atoms with Crippen LogP contribution in [-0.4, -0.2) is 26.1 Å². The molecule has 0 atom stereocenters. The molecule has 1 aliphatic carbocycles. The van der Waals surface area contributed by atoms with Crippen LogP contribution >= 0.6 is 0 Å².